The second kappa shape index (κ2) is 1.72. The minimum absolute atomic E-state index is 0.954. The number of aliphatic imine (C=N–C) groups is 1. The summed E-state index contributed by atoms with van der Waals surface area (Å²) in [6.07, 6.45) is 7.08. The van der Waals surface area contributed by atoms with Gasteiger partial charge in [0.15, 0.2) is 0 Å². The molecule has 0 radical (unpaired) electrons. The Kier molecular flexibility index (Phi) is 0.918. The predicted molar refractivity (Wildman–Crippen MR) is 37.3 cm³/mol. The molecule has 0 unspecified atom stereocenters. The fourth-order valence-corrected chi connectivity index (χ4v) is 1.12. The highest BCUT2D eigenvalue weighted by atomic mass is 15.0. The van der Waals surface area contributed by atoms with Crippen molar-refractivity contribution < 1.29 is 0 Å². The van der Waals surface area contributed by atoms with Crippen molar-refractivity contribution in [2.45, 2.75) is 6.42 Å². The van der Waals surface area contributed by atoms with Crippen molar-refractivity contribution in [3.05, 3.63) is 23.4 Å². The van der Waals surface area contributed by atoms with Gasteiger partial charge >= 0.3 is 0 Å². The fourth-order valence-electron chi connectivity index (χ4n) is 1.12. The van der Waals surface area contributed by atoms with Crippen molar-refractivity contribution in [3.8, 4) is 0 Å². The predicted octanol–water partition coefficient (Wildman–Crippen LogP) is 0.832. The summed E-state index contributed by atoms with van der Waals surface area (Å²) in [5.74, 6) is 0. The first-order chi connectivity index (χ1) is 4.47. The summed E-state index contributed by atoms with van der Waals surface area (Å²) in [7, 11) is 0. The molecule has 0 amide bonds. The average molecular weight is 120 g/mol. The van der Waals surface area contributed by atoms with Crippen molar-refractivity contribution in [2.75, 3.05) is 6.54 Å². The molecule has 0 bridgehead atoms. The van der Waals surface area contributed by atoms with Gasteiger partial charge in [0.2, 0.25) is 0 Å². The summed E-state index contributed by atoms with van der Waals surface area (Å²) in [6, 6.07) is 0. The first kappa shape index (κ1) is 4.79. The molecular weight excluding hydrogens is 112 g/mol. The lowest BCUT2D eigenvalue weighted by Gasteiger charge is -2.07. The highest BCUT2D eigenvalue weighted by Gasteiger charge is 2.08. The van der Waals surface area contributed by atoms with Gasteiger partial charge in [-0.05, 0) is 5.57 Å². The van der Waals surface area contributed by atoms with Crippen molar-refractivity contribution in [1.29, 1.82) is 0 Å². The number of nitrogens with one attached hydrogen (secondary N) is 1. The van der Waals surface area contributed by atoms with E-state index in [0.29, 0.717) is 0 Å². The van der Waals surface area contributed by atoms with Crippen LogP contribution < -0.4 is 5.32 Å². The molecule has 1 aliphatic heterocycles. The molecule has 0 aromatic rings. The second-order valence-electron chi connectivity index (χ2n) is 2.22. The lowest BCUT2D eigenvalue weighted by molar-refractivity contribution is 0.965. The molecule has 9 heavy (non-hydrogen) atoms. The lowest BCUT2D eigenvalue weighted by atomic mass is 10.2. The number of rotatable bonds is 0. The normalized spacial score (nSPS) is 22.2. The van der Waals surface area contributed by atoms with E-state index < -0.39 is 0 Å². The fraction of sp³-hybridized carbons (Fsp3) is 0.286. The first-order valence-electron chi connectivity index (χ1n) is 3.11. The number of hydrogen-bond acceptors (Lipinski definition) is 2. The van der Waals surface area contributed by atoms with Gasteiger partial charge in [0.25, 0.3) is 0 Å². The van der Waals surface area contributed by atoms with Crippen LogP contribution in [0.15, 0.2) is 28.4 Å². The molecule has 0 aromatic carbocycles. The molecule has 2 heteroatoms. The molecule has 0 fully saturated rings. The van der Waals surface area contributed by atoms with E-state index in [1.807, 2.05) is 0 Å². The van der Waals surface area contributed by atoms with Crippen LogP contribution in [0.2, 0.25) is 0 Å². The quantitative estimate of drug-likeness (QED) is 0.503. The molecule has 0 spiro atoms. The molecule has 0 saturated heterocycles. The molecule has 0 aromatic heterocycles. The van der Waals surface area contributed by atoms with Gasteiger partial charge in [-0.1, -0.05) is 12.2 Å². The van der Waals surface area contributed by atoms with Crippen LogP contribution in [0.3, 0.4) is 0 Å². The van der Waals surface area contributed by atoms with Gasteiger partial charge in [0, 0.05) is 13.0 Å². The van der Waals surface area contributed by atoms with Crippen molar-refractivity contribution in [2.24, 2.45) is 4.99 Å². The van der Waals surface area contributed by atoms with Gasteiger partial charge in [-0.3, -0.25) is 0 Å². The molecule has 0 atom stereocenters. The molecule has 2 rings (SSSR count). The van der Waals surface area contributed by atoms with E-state index in [2.05, 4.69) is 22.5 Å². The Hall–Kier alpha value is -1.05. The van der Waals surface area contributed by atoms with Crippen molar-refractivity contribution in [1.82, 2.24) is 5.32 Å². The molecule has 1 aliphatic carbocycles. The highest BCUT2D eigenvalue weighted by Crippen LogP contribution is 2.20. The maximum atomic E-state index is 4.17. The van der Waals surface area contributed by atoms with Crippen LogP contribution in [0.1, 0.15) is 6.42 Å². The summed E-state index contributed by atoms with van der Waals surface area (Å²) in [5, 5.41) is 3.06. The van der Waals surface area contributed by atoms with Gasteiger partial charge in [-0.25, -0.2) is 4.99 Å². The first-order valence-corrected chi connectivity index (χ1v) is 3.11. The van der Waals surface area contributed by atoms with Crippen LogP contribution in [0.4, 0.5) is 0 Å². The maximum Gasteiger partial charge on any atom is 0.0885 e. The Morgan fingerprint density at radius 2 is 2.56 bits per heavy atom. The van der Waals surface area contributed by atoms with Crippen LogP contribution in [-0.4, -0.2) is 12.9 Å². The molecular formula is C7H8N2. The topological polar surface area (TPSA) is 24.4 Å². The number of nitrogens with zero attached hydrogens (tertiary/aromatic N) is 1. The molecule has 1 heterocycles. The summed E-state index contributed by atoms with van der Waals surface area (Å²) >= 11 is 0. The third-order valence-electron chi connectivity index (χ3n) is 1.61. The summed E-state index contributed by atoms with van der Waals surface area (Å²) in [6.45, 7) is 0.954. The van der Waals surface area contributed by atoms with Crippen LogP contribution in [-0.2, 0) is 0 Å². The minimum Gasteiger partial charge on any atom is -0.372 e. The van der Waals surface area contributed by atoms with E-state index in [-0.39, 0.29) is 0 Å². The minimum atomic E-state index is 0.954. The van der Waals surface area contributed by atoms with Gasteiger partial charge in [0.05, 0.1) is 12.0 Å². The van der Waals surface area contributed by atoms with Gasteiger partial charge in [-0.2, -0.15) is 0 Å². The monoisotopic (exact) mass is 120 g/mol. The third kappa shape index (κ3) is 0.669. The third-order valence-corrected chi connectivity index (χ3v) is 1.61. The second-order valence-corrected chi connectivity index (χ2v) is 2.22. The zero-order chi connectivity index (χ0) is 6.10. The number of allylic oxidation sites excluding steroid dienone is 1. The molecule has 46 valence electrons. The zero-order valence-corrected chi connectivity index (χ0v) is 5.09. The van der Waals surface area contributed by atoms with E-state index in [9.17, 15) is 0 Å². The Balaban J connectivity index is 2.35. The Bertz CT molecular complexity index is 211. The van der Waals surface area contributed by atoms with E-state index >= 15 is 0 Å². The average Bonchev–Trinajstić information content (AvgIpc) is 2.33. The van der Waals surface area contributed by atoms with Crippen LogP contribution in [0, 0.1) is 0 Å². The van der Waals surface area contributed by atoms with Gasteiger partial charge in [0.1, 0.15) is 0 Å². The smallest absolute Gasteiger partial charge is 0.0885 e. The van der Waals surface area contributed by atoms with Gasteiger partial charge < -0.3 is 5.32 Å². The Labute approximate surface area is 54.0 Å². The van der Waals surface area contributed by atoms with Crippen LogP contribution in [0.25, 0.3) is 0 Å². The molecule has 1 N–H and O–H groups in total. The zero-order valence-electron chi connectivity index (χ0n) is 5.09. The molecule has 2 nitrogen and oxygen atoms in total. The SMILES string of the molecule is C1=CC2=C(C1)N=CNC2. The largest absolute Gasteiger partial charge is 0.372 e. The van der Waals surface area contributed by atoms with Gasteiger partial charge in [-0.15, -0.1) is 0 Å². The van der Waals surface area contributed by atoms with E-state index in [0.717, 1.165) is 13.0 Å². The Morgan fingerprint density at radius 1 is 1.56 bits per heavy atom. The summed E-state index contributed by atoms with van der Waals surface area (Å²) in [5.41, 5.74) is 2.58. The van der Waals surface area contributed by atoms with E-state index in [1.54, 1.807) is 6.34 Å². The molecule has 2 aliphatic rings. The van der Waals surface area contributed by atoms with Crippen molar-refractivity contribution in [3.63, 3.8) is 0 Å². The van der Waals surface area contributed by atoms with E-state index in [1.165, 1.54) is 11.3 Å². The van der Waals surface area contributed by atoms with Crippen LogP contribution >= 0.6 is 0 Å². The van der Waals surface area contributed by atoms with E-state index in [4.69, 9.17) is 0 Å². The standard InChI is InChI=1S/C7H8N2/c1-2-6-4-8-5-9-7(6)3-1/h1-2,5H,3-4H2,(H,8,9). The highest BCUT2D eigenvalue weighted by molar-refractivity contribution is 5.61. The lowest BCUT2D eigenvalue weighted by Crippen LogP contribution is -2.17. The number of hydrogen-bond donors (Lipinski definition) is 1. The van der Waals surface area contributed by atoms with Crippen LogP contribution in [0.5, 0.6) is 0 Å². The summed E-state index contributed by atoms with van der Waals surface area (Å²) in [4.78, 5) is 4.17. The van der Waals surface area contributed by atoms with Crippen molar-refractivity contribution >= 4 is 6.34 Å². The Morgan fingerprint density at radius 3 is 3.44 bits per heavy atom. The summed E-state index contributed by atoms with van der Waals surface area (Å²) < 4.78 is 0. The molecule has 0 saturated carbocycles. The maximum absolute atomic E-state index is 4.17.